The molecule has 0 saturated carbocycles. The number of likely N-dealkylation sites (tertiary alicyclic amines) is 1. The van der Waals surface area contributed by atoms with E-state index in [4.69, 9.17) is 0 Å². The van der Waals surface area contributed by atoms with E-state index in [1.807, 2.05) is 17.2 Å². The van der Waals surface area contributed by atoms with Crippen LogP contribution in [0.4, 0.5) is 0 Å². The van der Waals surface area contributed by atoms with E-state index in [1.54, 1.807) is 10.9 Å². The van der Waals surface area contributed by atoms with Gasteiger partial charge in [0.05, 0.1) is 0 Å². The molecule has 2 fully saturated rings. The van der Waals surface area contributed by atoms with Crippen LogP contribution in [0.1, 0.15) is 12.8 Å². The second kappa shape index (κ2) is 4.14. The van der Waals surface area contributed by atoms with Crippen LogP contribution < -0.4 is 5.32 Å². The molecule has 17 heavy (non-hydrogen) atoms. The molecule has 0 aromatic carbocycles. The number of carbonyl (C=O) groups is 1. The molecule has 2 aliphatic heterocycles. The maximum absolute atomic E-state index is 12.1. The van der Waals surface area contributed by atoms with Crippen LogP contribution in [-0.4, -0.2) is 46.8 Å². The molecule has 1 N–H and O–H groups in total. The van der Waals surface area contributed by atoms with Crippen LogP contribution in [0.15, 0.2) is 18.5 Å². The predicted molar refractivity (Wildman–Crippen MR) is 63.3 cm³/mol. The Bertz CT molecular complexity index is 395. The third-order valence-electron chi connectivity index (χ3n) is 3.98. The molecule has 0 radical (unpaired) electrons. The van der Waals surface area contributed by atoms with Crippen molar-refractivity contribution in [2.45, 2.75) is 19.4 Å². The third kappa shape index (κ3) is 2.07. The van der Waals surface area contributed by atoms with E-state index in [9.17, 15) is 4.79 Å². The van der Waals surface area contributed by atoms with E-state index < -0.39 is 0 Å². The Hall–Kier alpha value is -1.36. The minimum atomic E-state index is 0.192. The van der Waals surface area contributed by atoms with Gasteiger partial charge in [-0.3, -0.25) is 9.48 Å². The van der Waals surface area contributed by atoms with Crippen LogP contribution in [0.25, 0.3) is 0 Å². The molecule has 1 spiro atoms. The summed E-state index contributed by atoms with van der Waals surface area (Å²) in [5.41, 5.74) is 0.361. The van der Waals surface area contributed by atoms with Crippen molar-refractivity contribution in [2.24, 2.45) is 5.41 Å². The van der Waals surface area contributed by atoms with Crippen LogP contribution >= 0.6 is 0 Å². The summed E-state index contributed by atoms with van der Waals surface area (Å²) in [5, 5.41) is 7.48. The van der Waals surface area contributed by atoms with Gasteiger partial charge in [0.15, 0.2) is 0 Å². The lowest BCUT2D eigenvalue weighted by Crippen LogP contribution is -2.35. The maximum Gasteiger partial charge on any atom is 0.244 e. The van der Waals surface area contributed by atoms with E-state index in [2.05, 4.69) is 10.4 Å². The largest absolute Gasteiger partial charge is 0.340 e. The molecule has 3 heterocycles. The van der Waals surface area contributed by atoms with Crippen molar-refractivity contribution >= 4 is 5.91 Å². The van der Waals surface area contributed by atoms with Gasteiger partial charge in [-0.1, -0.05) is 0 Å². The SMILES string of the molecule is O=C(Cn1cccn1)N1CCC2(CCNC2)C1. The summed E-state index contributed by atoms with van der Waals surface area (Å²) in [5.74, 6) is 0.192. The Morgan fingerprint density at radius 1 is 1.47 bits per heavy atom. The number of nitrogens with one attached hydrogen (secondary N) is 1. The number of rotatable bonds is 2. The van der Waals surface area contributed by atoms with Crippen molar-refractivity contribution in [3.8, 4) is 0 Å². The van der Waals surface area contributed by atoms with Gasteiger partial charge in [0, 0.05) is 37.4 Å². The Morgan fingerprint density at radius 2 is 2.41 bits per heavy atom. The lowest BCUT2D eigenvalue weighted by molar-refractivity contribution is -0.131. The second-order valence-corrected chi connectivity index (χ2v) is 5.20. The van der Waals surface area contributed by atoms with Gasteiger partial charge in [0.1, 0.15) is 6.54 Å². The zero-order chi connectivity index (χ0) is 11.7. The summed E-state index contributed by atoms with van der Waals surface area (Å²) >= 11 is 0. The zero-order valence-electron chi connectivity index (χ0n) is 9.93. The molecule has 1 amide bonds. The predicted octanol–water partition coefficient (Wildman–Crippen LogP) is 0.0951. The zero-order valence-corrected chi connectivity index (χ0v) is 9.93. The van der Waals surface area contributed by atoms with Crippen LogP contribution in [0.5, 0.6) is 0 Å². The first kappa shape index (κ1) is 10.8. The van der Waals surface area contributed by atoms with E-state index in [1.165, 1.54) is 6.42 Å². The standard InChI is InChI=1S/C12H18N4O/c17-11(8-16-6-1-4-14-16)15-7-3-12(10-15)2-5-13-9-12/h1,4,6,13H,2-3,5,7-10H2. The summed E-state index contributed by atoms with van der Waals surface area (Å²) < 4.78 is 1.69. The van der Waals surface area contributed by atoms with Crippen LogP contribution in [0, 0.1) is 5.41 Å². The molecule has 1 aromatic heterocycles. The lowest BCUT2D eigenvalue weighted by Gasteiger charge is -2.22. The average Bonchev–Trinajstić information content (AvgIpc) is 3.03. The molecule has 0 bridgehead atoms. The number of carbonyl (C=O) groups excluding carboxylic acids is 1. The highest BCUT2D eigenvalue weighted by molar-refractivity contribution is 5.76. The average molecular weight is 234 g/mol. The smallest absolute Gasteiger partial charge is 0.244 e. The normalized spacial score (nSPS) is 28.1. The topological polar surface area (TPSA) is 50.2 Å². The Labute approximate surface area is 101 Å². The number of hydrogen-bond donors (Lipinski definition) is 1. The van der Waals surface area contributed by atoms with Gasteiger partial charge in [-0.2, -0.15) is 5.10 Å². The molecule has 3 rings (SSSR count). The van der Waals surface area contributed by atoms with Gasteiger partial charge in [-0.25, -0.2) is 0 Å². The van der Waals surface area contributed by atoms with Crippen molar-refractivity contribution in [2.75, 3.05) is 26.2 Å². The summed E-state index contributed by atoms with van der Waals surface area (Å²) in [4.78, 5) is 14.1. The lowest BCUT2D eigenvalue weighted by atomic mass is 9.87. The van der Waals surface area contributed by atoms with Crippen molar-refractivity contribution < 1.29 is 4.79 Å². The number of nitrogens with zero attached hydrogens (tertiary/aromatic N) is 3. The highest BCUT2D eigenvalue weighted by atomic mass is 16.2. The molecule has 2 saturated heterocycles. The molecule has 2 aliphatic rings. The van der Waals surface area contributed by atoms with Crippen LogP contribution in [-0.2, 0) is 11.3 Å². The Balaban J connectivity index is 1.60. The number of hydrogen-bond acceptors (Lipinski definition) is 3. The first-order chi connectivity index (χ1) is 8.27. The molecule has 0 aliphatic carbocycles. The van der Waals surface area contributed by atoms with E-state index in [0.717, 1.165) is 32.6 Å². The quantitative estimate of drug-likeness (QED) is 0.789. The van der Waals surface area contributed by atoms with Crippen molar-refractivity contribution in [1.82, 2.24) is 20.0 Å². The molecule has 1 unspecified atom stereocenters. The molecule has 5 nitrogen and oxygen atoms in total. The minimum absolute atomic E-state index is 0.192. The van der Waals surface area contributed by atoms with E-state index >= 15 is 0 Å². The van der Waals surface area contributed by atoms with E-state index in [0.29, 0.717) is 12.0 Å². The molecule has 5 heteroatoms. The molecule has 1 aromatic rings. The van der Waals surface area contributed by atoms with Crippen LogP contribution in [0.3, 0.4) is 0 Å². The van der Waals surface area contributed by atoms with E-state index in [-0.39, 0.29) is 5.91 Å². The Kier molecular flexibility index (Phi) is 2.63. The summed E-state index contributed by atoms with van der Waals surface area (Å²) in [6, 6.07) is 1.85. The van der Waals surface area contributed by atoms with Gasteiger partial charge >= 0.3 is 0 Å². The van der Waals surface area contributed by atoms with Gasteiger partial charge in [-0.15, -0.1) is 0 Å². The molecular weight excluding hydrogens is 216 g/mol. The van der Waals surface area contributed by atoms with Gasteiger partial charge in [0.2, 0.25) is 5.91 Å². The summed E-state index contributed by atoms with van der Waals surface area (Å²) in [6.07, 6.45) is 5.89. The van der Waals surface area contributed by atoms with Crippen molar-refractivity contribution in [3.63, 3.8) is 0 Å². The number of amides is 1. The fourth-order valence-electron chi connectivity index (χ4n) is 2.92. The first-order valence-electron chi connectivity index (χ1n) is 6.23. The second-order valence-electron chi connectivity index (χ2n) is 5.20. The molecule has 92 valence electrons. The molecule has 1 atom stereocenters. The van der Waals surface area contributed by atoms with Crippen molar-refractivity contribution in [1.29, 1.82) is 0 Å². The first-order valence-corrected chi connectivity index (χ1v) is 6.23. The van der Waals surface area contributed by atoms with Gasteiger partial charge < -0.3 is 10.2 Å². The fourth-order valence-corrected chi connectivity index (χ4v) is 2.92. The minimum Gasteiger partial charge on any atom is -0.340 e. The highest BCUT2D eigenvalue weighted by Crippen LogP contribution is 2.35. The molecular formula is C12H18N4O. The Morgan fingerprint density at radius 3 is 3.12 bits per heavy atom. The summed E-state index contributed by atoms with van der Waals surface area (Å²) in [7, 11) is 0. The number of aromatic nitrogens is 2. The van der Waals surface area contributed by atoms with Gasteiger partial charge in [-0.05, 0) is 25.5 Å². The third-order valence-corrected chi connectivity index (χ3v) is 3.98. The van der Waals surface area contributed by atoms with Crippen molar-refractivity contribution in [3.05, 3.63) is 18.5 Å². The highest BCUT2D eigenvalue weighted by Gasteiger charge is 2.41. The van der Waals surface area contributed by atoms with Gasteiger partial charge in [0.25, 0.3) is 0 Å². The summed E-state index contributed by atoms with van der Waals surface area (Å²) in [6.45, 7) is 4.36. The maximum atomic E-state index is 12.1. The monoisotopic (exact) mass is 234 g/mol. The van der Waals surface area contributed by atoms with Crippen LogP contribution in [0.2, 0.25) is 0 Å². The fraction of sp³-hybridized carbons (Fsp3) is 0.667.